The number of halogens is 1. The van der Waals surface area contributed by atoms with Gasteiger partial charge in [-0.2, -0.15) is 0 Å². The molecule has 0 bridgehead atoms. The molecule has 1 fully saturated rings. The van der Waals surface area contributed by atoms with Crippen molar-refractivity contribution in [1.82, 2.24) is 5.32 Å². The first kappa shape index (κ1) is 17.0. The maximum atomic E-state index is 12.0. The van der Waals surface area contributed by atoms with Crippen molar-refractivity contribution in [3.05, 3.63) is 29.8 Å². The van der Waals surface area contributed by atoms with Gasteiger partial charge in [-0.3, -0.25) is 4.79 Å². The summed E-state index contributed by atoms with van der Waals surface area (Å²) in [5.74, 6) is 1.21. The Bertz CT molecular complexity index is 430. The fourth-order valence-corrected chi connectivity index (χ4v) is 2.76. The monoisotopic (exact) mass is 296 g/mol. The summed E-state index contributed by atoms with van der Waals surface area (Å²) in [6.45, 7) is 6.40. The number of rotatable bonds is 4. The number of nitrogens with one attached hydrogen (secondary N) is 2. The molecule has 2 N–H and O–H groups in total. The van der Waals surface area contributed by atoms with Gasteiger partial charge in [0.05, 0.1) is 0 Å². The summed E-state index contributed by atoms with van der Waals surface area (Å²) in [7, 11) is 0. The van der Waals surface area contributed by atoms with Gasteiger partial charge >= 0.3 is 0 Å². The molecule has 1 saturated heterocycles. The van der Waals surface area contributed by atoms with Crippen LogP contribution in [0.3, 0.4) is 0 Å². The molecule has 0 saturated carbocycles. The second kappa shape index (κ2) is 8.28. The van der Waals surface area contributed by atoms with Crippen LogP contribution < -0.4 is 10.6 Å². The van der Waals surface area contributed by atoms with Crippen LogP contribution in [-0.4, -0.2) is 19.0 Å². The molecule has 2 unspecified atom stereocenters. The molecule has 0 aliphatic carbocycles. The molecule has 0 spiro atoms. The summed E-state index contributed by atoms with van der Waals surface area (Å²) in [4.78, 5) is 12.0. The van der Waals surface area contributed by atoms with Crippen molar-refractivity contribution in [1.29, 1.82) is 0 Å². The van der Waals surface area contributed by atoms with Crippen LogP contribution in [0.2, 0.25) is 0 Å². The smallest absolute Gasteiger partial charge is 0.224 e. The number of amides is 1. The molecule has 1 amide bonds. The molecule has 1 aliphatic rings. The Labute approximate surface area is 127 Å². The zero-order valence-corrected chi connectivity index (χ0v) is 13.1. The van der Waals surface area contributed by atoms with Gasteiger partial charge in [-0.1, -0.05) is 19.1 Å². The molecular formula is C16H25ClN2O. The normalized spacial score (nSPS) is 19.8. The van der Waals surface area contributed by atoms with Crippen molar-refractivity contribution in [2.75, 3.05) is 18.4 Å². The molecule has 1 aromatic carbocycles. The van der Waals surface area contributed by atoms with E-state index in [2.05, 4.69) is 17.6 Å². The van der Waals surface area contributed by atoms with Crippen LogP contribution >= 0.6 is 12.4 Å². The maximum absolute atomic E-state index is 12.0. The van der Waals surface area contributed by atoms with E-state index in [0.29, 0.717) is 18.3 Å². The first-order valence-corrected chi connectivity index (χ1v) is 7.22. The van der Waals surface area contributed by atoms with Gasteiger partial charge in [0.1, 0.15) is 0 Å². The summed E-state index contributed by atoms with van der Waals surface area (Å²) >= 11 is 0. The molecule has 1 heterocycles. The van der Waals surface area contributed by atoms with E-state index < -0.39 is 0 Å². The average Bonchev–Trinajstić information content (AvgIpc) is 2.39. The summed E-state index contributed by atoms with van der Waals surface area (Å²) in [5.41, 5.74) is 2.07. The third-order valence-corrected chi connectivity index (χ3v) is 3.95. The zero-order chi connectivity index (χ0) is 13.7. The lowest BCUT2D eigenvalue weighted by atomic mass is 9.85. The number of carbonyl (C=O) groups is 1. The minimum atomic E-state index is 0. The Kier molecular flexibility index (Phi) is 7.03. The van der Waals surface area contributed by atoms with E-state index >= 15 is 0 Å². The lowest BCUT2D eigenvalue weighted by Gasteiger charge is -2.28. The number of hydrogen-bond acceptors (Lipinski definition) is 2. The number of hydrogen-bond donors (Lipinski definition) is 2. The first-order chi connectivity index (χ1) is 9.15. The van der Waals surface area contributed by atoms with Crippen LogP contribution in [0, 0.1) is 18.8 Å². The van der Waals surface area contributed by atoms with Gasteiger partial charge in [0.25, 0.3) is 0 Å². The van der Waals surface area contributed by atoms with Crippen LogP contribution in [-0.2, 0) is 4.79 Å². The Morgan fingerprint density at radius 2 is 2.30 bits per heavy atom. The van der Waals surface area contributed by atoms with E-state index in [1.165, 1.54) is 18.4 Å². The fraction of sp³-hybridized carbons (Fsp3) is 0.562. The molecule has 2 atom stereocenters. The molecule has 2 rings (SSSR count). The molecule has 3 nitrogen and oxygen atoms in total. The summed E-state index contributed by atoms with van der Waals surface area (Å²) in [6, 6.07) is 7.95. The Hall–Kier alpha value is -1.06. The highest BCUT2D eigenvalue weighted by molar-refractivity contribution is 5.90. The van der Waals surface area contributed by atoms with E-state index in [4.69, 9.17) is 0 Å². The predicted molar refractivity (Wildman–Crippen MR) is 86.4 cm³/mol. The van der Waals surface area contributed by atoms with E-state index in [0.717, 1.165) is 18.8 Å². The van der Waals surface area contributed by atoms with Crippen molar-refractivity contribution in [3.63, 3.8) is 0 Å². The second-order valence-corrected chi connectivity index (χ2v) is 5.71. The lowest BCUT2D eigenvalue weighted by Crippen LogP contribution is -2.34. The van der Waals surface area contributed by atoms with Gasteiger partial charge in [0.2, 0.25) is 5.91 Å². The van der Waals surface area contributed by atoms with E-state index in [1.54, 1.807) is 0 Å². The third-order valence-electron chi connectivity index (χ3n) is 3.95. The highest BCUT2D eigenvalue weighted by atomic mass is 35.5. The standard InChI is InChI=1S/C16H24N2O.ClH/c1-12-5-3-7-15(9-12)18-16(19)10-13(2)14-6-4-8-17-11-14;/h3,5,7,9,13-14,17H,4,6,8,10-11H2,1-2H3,(H,18,19);1H. The second-order valence-electron chi connectivity index (χ2n) is 5.71. The highest BCUT2D eigenvalue weighted by Gasteiger charge is 2.21. The van der Waals surface area contributed by atoms with Crippen molar-refractivity contribution < 1.29 is 4.79 Å². The fourth-order valence-electron chi connectivity index (χ4n) is 2.76. The Morgan fingerprint density at radius 1 is 1.50 bits per heavy atom. The molecule has 112 valence electrons. The SMILES string of the molecule is Cc1cccc(NC(=O)CC(C)C2CCCNC2)c1.Cl. The minimum absolute atomic E-state index is 0. The van der Waals surface area contributed by atoms with Gasteiger partial charge in [-0.05, 0) is 62.4 Å². The largest absolute Gasteiger partial charge is 0.326 e. The van der Waals surface area contributed by atoms with Crippen LogP contribution in [0.25, 0.3) is 0 Å². The molecule has 20 heavy (non-hydrogen) atoms. The van der Waals surface area contributed by atoms with Crippen LogP contribution in [0.4, 0.5) is 5.69 Å². The van der Waals surface area contributed by atoms with Crippen LogP contribution in [0.5, 0.6) is 0 Å². The predicted octanol–water partition coefficient (Wildman–Crippen LogP) is 3.38. The lowest BCUT2D eigenvalue weighted by molar-refractivity contribution is -0.117. The number of carbonyl (C=O) groups excluding carboxylic acids is 1. The van der Waals surface area contributed by atoms with Crippen molar-refractivity contribution >= 4 is 24.0 Å². The molecular weight excluding hydrogens is 272 g/mol. The van der Waals surface area contributed by atoms with E-state index in [9.17, 15) is 4.79 Å². The van der Waals surface area contributed by atoms with E-state index in [1.807, 2.05) is 31.2 Å². The molecule has 0 radical (unpaired) electrons. The van der Waals surface area contributed by atoms with E-state index in [-0.39, 0.29) is 18.3 Å². The summed E-state index contributed by atoms with van der Waals surface area (Å²) in [5, 5.41) is 6.41. The Morgan fingerprint density at radius 3 is 2.95 bits per heavy atom. The van der Waals surface area contributed by atoms with Gasteiger partial charge in [-0.15, -0.1) is 12.4 Å². The summed E-state index contributed by atoms with van der Waals surface area (Å²) < 4.78 is 0. The van der Waals surface area contributed by atoms with Crippen LogP contribution in [0.1, 0.15) is 31.7 Å². The molecule has 4 heteroatoms. The third kappa shape index (κ3) is 5.14. The zero-order valence-electron chi connectivity index (χ0n) is 12.3. The average molecular weight is 297 g/mol. The van der Waals surface area contributed by atoms with Crippen LogP contribution in [0.15, 0.2) is 24.3 Å². The van der Waals surface area contributed by atoms with Gasteiger partial charge in [0, 0.05) is 12.1 Å². The number of benzene rings is 1. The Balaban J connectivity index is 0.00000200. The van der Waals surface area contributed by atoms with Gasteiger partial charge in [0.15, 0.2) is 0 Å². The molecule has 0 aromatic heterocycles. The van der Waals surface area contributed by atoms with Gasteiger partial charge < -0.3 is 10.6 Å². The molecule has 1 aromatic rings. The summed E-state index contributed by atoms with van der Waals surface area (Å²) in [6.07, 6.45) is 3.08. The number of piperidine rings is 1. The quantitative estimate of drug-likeness (QED) is 0.894. The topological polar surface area (TPSA) is 41.1 Å². The first-order valence-electron chi connectivity index (χ1n) is 7.22. The van der Waals surface area contributed by atoms with Crippen molar-refractivity contribution in [2.24, 2.45) is 11.8 Å². The van der Waals surface area contributed by atoms with Crippen molar-refractivity contribution in [3.8, 4) is 0 Å². The van der Waals surface area contributed by atoms with Gasteiger partial charge in [-0.25, -0.2) is 0 Å². The number of aryl methyl sites for hydroxylation is 1. The van der Waals surface area contributed by atoms with Crippen molar-refractivity contribution in [2.45, 2.75) is 33.1 Å². The minimum Gasteiger partial charge on any atom is -0.326 e. The highest BCUT2D eigenvalue weighted by Crippen LogP contribution is 2.23. The maximum Gasteiger partial charge on any atom is 0.224 e. The number of anilines is 1. The molecule has 1 aliphatic heterocycles.